The number of carboxylic acids is 1. The summed E-state index contributed by atoms with van der Waals surface area (Å²) in [7, 11) is 0. The summed E-state index contributed by atoms with van der Waals surface area (Å²) in [6, 6.07) is 3.26. The summed E-state index contributed by atoms with van der Waals surface area (Å²) < 4.78 is 0. The van der Waals surface area contributed by atoms with Gasteiger partial charge in [0.1, 0.15) is 11.8 Å². The molecule has 1 atom stereocenters. The highest BCUT2D eigenvalue weighted by molar-refractivity contribution is 7.99. The van der Waals surface area contributed by atoms with Crippen molar-refractivity contribution in [2.75, 3.05) is 11.6 Å². The lowest BCUT2D eigenvalue weighted by molar-refractivity contribution is -0.140. The molecule has 0 bridgehead atoms. The second-order valence-corrected chi connectivity index (χ2v) is 5.20. The molecule has 0 radical (unpaired) electrons. The maximum Gasteiger partial charge on any atom is 0.327 e. The highest BCUT2D eigenvalue weighted by atomic mass is 35.5. The fraction of sp³-hybridized carbons (Fsp3) is 0.273. The van der Waals surface area contributed by atoms with Gasteiger partial charge in [-0.25, -0.2) is 4.79 Å². The lowest BCUT2D eigenvalue weighted by Crippen LogP contribution is -2.41. The Balaban J connectivity index is 2.25. The van der Waals surface area contributed by atoms with Crippen LogP contribution in [0.3, 0.4) is 0 Å². The van der Waals surface area contributed by atoms with E-state index in [-0.39, 0.29) is 16.3 Å². The van der Waals surface area contributed by atoms with Crippen molar-refractivity contribution in [3.63, 3.8) is 0 Å². The predicted octanol–water partition coefficient (Wildman–Crippen LogP) is 1.65. The molecule has 2 rings (SSSR count). The van der Waals surface area contributed by atoms with Gasteiger partial charge in [-0.05, 0) is 18.2 Å². The highest BCUT2D eigenvalue weighted by Gasteiger charge is 2.35. The van der Waals surface area contributed by atoms with Gasteiger partial charge in [0.05, 0.1) is 10.9 Å². The Morgan fingerprint density at radius 1 is 1.44 bits per heavy atom. The molecule has 0 aromatic heterocycles. The van der Waals surface area contributed by atoms with Crippen LogP contribution in [0.25, 0.3) is 0 Å². The Labute approximate surface area is 112 Å². The smallest absolute Gasteiger partial charge is 0.327 e. The number of amides is 1. The van der Waals surface area contributed by atoms with Gasteiger partial charge >= 0.3 is 5.97 Å². The first-order chi connectivity index (χ1) is 8.50. The Morgan fingerprint density at radius 2 is 2.17 bits per heavy atom. The first kappa shape index (κ1) is 13.0. The van der Waals surface area contributed by atoms with Gasteiger partial charge in [-0.3, -0.25) is 4.79 Å². The number of phenolic OH excluding ortho intramolecular Hbond substituents is 1. The maximum atomic E-state index is 12.1. The molecule has 0 saturated carbocycles. The molecular weight excluding hydrogens is 278 g/mol. The monoisotopic (exact) mass is 287 g/mol. The Morgan fingerprint density at radius 3 is 2.78 bits per heavy atom. The van der Waals surface area contributed by atoms with Gasteiger partial charge in [0, 0.05) is 11.3 Å². The summed E-state index contributed by atoms with van der Waals surface area (Å²) in [6.45, 7) is 0. The second kappa shape index (κ2) is 5.07. The number of benzene rings is 1. The minimum atomic E-state index is -1.02. The Bertz CT molecular complexity index is 508. The number of carbonyl (C=O) groups excluding carboxylic acids is 1. The molecular formula is C11H10ClNO4S. The minimum Gasteiger partial charge on any atom is -0.506 e. The molecule has 2 N–H and O–H groups in total. The number of thioether (sulfide) groups is 1. The fourth-order valence-electron chi connectivity index (χ4n) is 1.65. The molecule has 7 heteroatoms. The van der Waals surface area contributed by atoms with Gasteiger partial charge in [-0.15, -0.1) is 11.8 Å². The van der Waals surface area contributed by atoms with Crippen LogP contribution >= 0.6 is 23.4 Å². The van der Waals surface area contributed by atoms with E-state index in [9.17, 15) is 14.7 Å². The Hall–Kier alpha value is -1.40. The molecule has 1 aliphatic heterocycles. The lowest BCUT2D eigenvalue weighted by Gasteiger charge is -2.20. The van der Waals surface area contributed by atoms with Crippen molar-refractivity contribution in [3.05, 3.63) is 28.8 Å². The van der Waals surface area contributed by atoms with Crippen LogP contribution in [0.2, 0.25) is 5.02 Å². The number of nitrogens with zero attached hydrogens (tertiary/aromatic N) is 1. The quantitative estimate of drug-likeness (QED) is 0.865. The first-order valence-electron chi connectivity index (χ1n) is 5.10. The van der Waals surface area contributed by atoms with Gasteiger partial charge in [0.2, 0.25) is 0 Å². The number of hydrogen-bond acceptors (Lipinski definition) is 4. The molecule has 0 aliphatic carbocycles. The van der Waals surface area contributed by atoms with Crippen LogP contribution in [0.15, 0.2) is 18.2 Å². The molecule has 18 heavy (non-hydrogen) atoms. The highest BCUT2D eigenvalue weighted by Crippen LogP contribution is 2.27. The number of rotatable bonds is 2. The van der Waals surface area contributed by atoms with Crippen molar-refractivity contribution in [1.82, 2.24) is 4.90 Å². The van der Waals surface area contributed by atoms with E-state index in [4.69, 9.17) is 16.7 Å². The van der Waals surface area contributed by atoms with Crippen molar-refractivity contribution < 1.29 is 19.8 Å². The average molecular weight is 288 g/mol. The number of carboxylic acid groups (broad SMARTS) is 1. The summed E-state index contributed by atoms with van der Waals surface area (Å²) in [5.41, 5.74) is 0.270. The molecule has 1 fully saturated rings. The molecule has 5 nitrogen and oxygen atoms in total. The van der Waals surface area contributed by atoms with Crippen LogP contribution < -0.4 is 0 Å². The number of carbonyl (C=O) groups is 2. The van der Waals surface area contributed by atoms with Gasteiger partial charge < -0.3 is 15.1 Å². The third-order valence-corrected chi connectivity index (χ3v) is 3.94. The number of aromatic hydroxyl groups is 1. The van der Waals surface area contributed by atoms with E-state index >= 15 is 0 Å². The van der Waals surface area contributed by atoms with E-state index in [0.717, 1.165) is 0 Å². The summed E-state index contributed by atoms with van der Waals surface area (Å²) in [5.74, 6) is -0.799. The largest absolute Gasteiger partial charge is 0.506 e. The summed E-state index contributed by atoms with van der Waals surface area (Å²) in [4.78, 5) is 24.4. The number of hydrogen-bond donors (Lipinski definition) is 2. The standard InChI is InChI=1S/C11H10ClNO4S/c12-7-3-6(1-2-9(7)14)10(15)13-5-18-4-8(13)11(16)17/h1-3,8,14H,4-5H2,(H,16,17)/t8-/m0/s1. The molecule has 0 unspecified atom stereocenters. The van der Waals surface area contributed by atoms with Gasteiger partial charge in [-0.1, -0.05) is 11.6 Å². The van der Waals surface area contributed by atoms with Crippen LogP contribution in [0.1, 0.15) is 10.4 Å². The van der Waals surface area contributed by atoms with Gasteiger partial charge in [-0.2, -0.15) is 0 Å². The number of phenols is 1. The van der Waals surface area contributed by atoms with Crippen LogP contribution in [0.4, 0.5) is 0 Å². The van der Waals surface area contributed by atoms with Crippen LogP contribution in [-0.2, 0) is 4.79 Å². The van der Waals surface area contributed by atoms with E-state index in [1.807, 2.05) is 0 Å². The average Bonchev–Trinajstić information content (AvgIpc) is 2.81. The molecule has 1 amide bonds. The predicted molar refractivity (Wildman–Crippen MR) is 68.0 cm³/mol. The van der Waals surface area contributed by atoms with Crippen molar-refractivity contribution in [3.8, 4) is 5.75 Å². The summed E-state index contributed by atoms with van der Waals surface area (Å²) in [5, 5.41) is 18.3. The van der Waals surface area contributed by atoms with Crippen LogP contribution in [-0.4, -0.2) is 44.7 Å². The second-order valence-electron chi connectivity index (χ2n) is 3.80. The van der Waals surface area contributed by atoms with Crippen molar-refractivity contribution in [1.29, 1.82) is 0 Å². The van der Waals surface area contributed by atoms with E-state index in [2.05, 4.69) is 0 Å². The number of halogens is 1. The van der Waals surface area contributed by atoms with E-state index < -0.39 is 17.9 Å². The lowest BCUT2D eigenvalue weighted by atomic mass is 10.1. The van der Waals surface area contributed by atoms with Crippen molar-refractivity contribution >= 4 is 35.2 Å². The SMILES string of the molecule is O=C(O)[C@@H]1CSCN1C(=O)c1ccc(O)c(Cl)c1. The van der Waals surface area contributed by atoms with Gasteiger partial charge in [0.15, 0.2) is 0 Å². The Kier molecular flexibility index (Phi) is 3.68. The number of aliphatic carboxylic acids is 1. The zero-order valence-corrected chi connectivity index (χ0v) is 10.7. The molecule has 1 aromatic carbocycles. The van der Waals surface area contributed by atoms with Crippen LogP contribution in [0, 0.1) is 0 Å². The van der Waals surface area contributed by atoms with Gasteiger partial charge in [0.25, 0.3) is 5.91 Å². The zero-order chi connectivity index (χ0) is 13.3. The molecule has 1 saturated heterocycles. The third-order valence-electron chi connectivity index (χ3n) is 2.62. The van der Waals surface area contributed by atoms with Crippen molar-refractivity contribution in [2.24, 2.45) is 0 Å². The molecule has 1 aromatic rings. The minimum absolute atomic E-state index is 0.0691. The van der Waals surface area contributed by atoms with E-state index in [0.29, 0.717) is 11.6 Å². The maximum absolute atomic E-state index is 12.1. The fourth-order valence-corrected chi connectivity index (χ4v) is 2.98. The summed E-state index contributed by atoms with van der Waals surface area (Å²) >= 11 is 7.11. The molecule has 1 heterocycles. The molecule has 0 spiro atoms. The zero-order valence-electron chi connectivity index (χ0n) is 9.17. The van der Waals surface area contributed by atoms with Crippen molar-refractivity contribution in [2.45, 2.75) is 6.04 Å². The summed E-state index contributed by atoms with van der Waals surface area (Å²) in [6.07, 6.45) is 0. The van der Waals surface area contributed by atoms with E-state index in [1.54, 1.807) is 0 Å². The topological polar surface area (TPSA) is 77.8 Å². The first-order valence-corrected chi connectivity index (χ1v) is 6.64. The van der Waals surface area contributed by atoms with E-state index in [1.165, 1.54) is 34.9 Å². The third kappa shape index (κ3) is 2.39. The molecule has 1 aliphatic rings. The normalized spacial score (nSPS) is 18.9. The van der Waals surface area contributed by atoms with Crippen LogP contribution in [0.5, 0.6) is 5.75 Å². The molecule has 96 valence electrons.